The van der Waals surface area contributed by atoms with Crippen LogP contribution in [0.5, 0.6) is 0 Å². The second-order valence-corrected chi connectivity index (χ2v) is 4.75. The van der Waals surface area contributed by atoms with E-state index in [-0.39, 0.29) is 11.8 Å². The number of carbonyl (C=O) groups excluding carboxylic acids is 2. The molecule has 0 aliphatic rings. The maximum absolute atomic E-state index is 11.8. The van der Waals surface area contributed by atoms with Gasteiger partial charge >= 0.3 is 0 Å². The molecule has 4 nitrogen and oxygen atoms in total. The van der Waals surface area contributed by atoms with Gasteiger partial charge in [-0.15, -0.1) is 0 Å². The number of rotatable bonds is 7. The summed E-state index contributed by atoms with van der Waals surface area (Å²) in [6, 6.07) is 7.36. The Hall–Kier alpha value is -1.36. The first kappa shape index (κ1) is 15.7. The Kier molecular flexibility index (Phi) is 7.18. The van der Waals surface area contributed by atoms with Crippen LogP contribution >= 0.6 is 15.9 Å². The molecule has 1 rings (SSSR count). The number of benzene rings is 1. The SMILES string of the molecule is CCCNC(=O)CCNC(=O)c1ccc(CBr)cc1. The van der Waals surface area contributed by atoms with Gasteiger partial charge in [-0.25, -0.2) is 0 Å². The van der Waals surface area contributed by atoms with Crippen LogP contribution in [0.2, 0.25) is 0 Å². The summed E-state index contributed by atoms with van der Waals surface area (Å²) < 4.78 is 0. The Bertz CT molecular complexity index is 418. The molecule has 0 aromatic heterocycles. The van der Waals surface area contributed by atoms with Crippen LogP contribution in [0.4, 0.5) is 0 Å². The quantitative estimate of drug-likeness (QED) is 0.755. The van der Waals surface area contributed by atoms with Gasteiger partial charge in [-0.1, -0.05) is 35.0 Å². The molecular formula is C14H19BrN2O2. The van der Waals surface area contributed by atoms with Crippen molar-refractivity contribution in [2.75, 3.05) is 13.1 Å². The van der Waals surface area contributed by atoms with Crippen LogP contribution in [0.1, 0.15) is 35.7 Å². The van der Waals surface area contributed by atoms with Crippen LogP contribution in [0.15, 0.2) is 24.3 Å². The van der Waals surface area contributed by atoms with Gasteiger partial charge in [-0.05, 0) is 24.1 Å². The van der Waals surface area contributed by atoms with Gasteiger partial charge in [0.25, 0.3) is 5.91 Å². The molecule has 19 heavy (non-hydrogen) atoms. The summed E-state index contributed by atoms with van der Waals surface area (Å²) in [6.45, 7) is 3.04. The zero-order valence-electron chi connectivity index (χ0n) is 11.0. The molecule has 0 radical (unpaired) electrons. The highest BCUT2D eigenvalue weighted by Crippen LogP contribution is 2.07. The van der Waals surface area contributed by atoms with Gasteiger partial charge in [0.05, 0.1) is 0 Å². The number of hydrogen-bond donors (Lipinski definition) is 2. The van der Waals surface area contributed by atoms with Crippen molar-refractivity contribution in [3.8, 4) is 0 Å². The summed E-state index contributed by atoms with van der Waals surface area (Å²) >= 11 is 3.35. The van der Waals surface area contributed by atoms with Crippen LogP contribution in [0, 0.1) is 0 Å². The van der Waals surface area contributed by atoms with Gasteiger partial charge in [-0.3, -0.25) is 9.59 Å². The number of alkyl halides is 1. The lowest BCUT2D eigenvalue weighted by atomic mass is 10.1. The van der Waals surface area contributed by atoms with Crippen molar-refractivity contribution in [3.05, 3.63) is 35.4 Å². The average molecular weight is 327 g/mol. The van der Waals surface area contributed by atoms with E-state index in [0.717, 1.165) is 17.3 Å². The van der Waals surface area contributed by atoms with Gasteiger partial charge < -0.3 is 10.6 Å². The minimum absolute atomic E-state index is 0.0308. The molecule has 2 N–H and O–H groups in total. The van der Waals surface area contributed by atoms with E-state index in [1.165, 1.54) is 0 Å². The van der Waals surface area contributed by atoms with E-state index in [0.29, 0.717) is 25.1 Å². The van der Waals surface area contributed by atoms with Gasteiger partial charge in [0, 0.05) is 30.4 Å². The maximum Gasteiger partial charge on any atom is 0.251 e. The molecule has 0 spiro atoms. The summed E-state index contributed by atoms with van der Waals surface area (Å²) in [5, 5.41) is 6.27. The van der Waals surface area contributed by atoms with Crippen molar-refractivity contribution in [3.63, 3.8) is 0 Å². The highest BCUT2D eigenvalue weighted by Gasteiger charge is 2.06. The maximum atomic E-state index is 11.8. The lowest BCUT2D eigenvalue weighted by Gasteiger charge is -2.06. The first-order chi connectivity index (χ1) is 9.17. The lowest BCUT2D eigenvalue weighted by molar-refractivity contribution is -0.120. The molecule has 0 aliphatic carbocycles. The third kappa shape index (κ3) is 5.87. The fourth-order valence-corrected chi connectivity index (χ4v) is 1.86. The molecule has 0 aliphatic heterocycles. The fraction of sp³-hybridized carbons (Fsp3) is 0.429. The van der Waals surface area contributed by atoms with E-state index in [4.69, 9.17) is 0 Å². The van der Waals surface area contributed by atoms with E-state index in [1.54, 1.807) is 12.1 Å². The number of carbonyl (C=O) groups is 2. The van der Waals surface area contributed by atoms with Crippen molar-refractivity contribution >= 4 is 27.7 Å². The third-order valence-corrected chi connectivity index (χ3v) is 3.23. The van der Waals surface area contributed by atoms with Crippen LogP contribution in [0.25, 0.3) is 0 Å². The second-order valence-electron chi connectivity index (χ2n) is 4.19. The van der Waals surface area contributed by atoms with Crippen molar-refractivity contribution in [2.24, 2.45) is 0 Å². The molecule has 2 amide bonds. The predicted octanol–water partition coefficient (Wildman–Crippen LogP) is 2.23. The van der Waals surface area contributed by atoms with Crippen molar-refractivity contribution in [2.45, 2.75) is 25.1 Å². The average Bonchev–Trinajstić information content (AvgIpc) is 2.45. The Labute approximate surface area is 122 Å². The zero-order valence-corrected chi connectivity index (χ0v) is 12.6. The summed E-state index contributed by atoms with van der Waals surface area (Å²) in [6.07, 6.45) is 1.23. The largest absolute Gasteiger partial charge is 0.356 e. The Morgan fingerprint density at radius 2 is 1.79 bits per heavy atom. The topological polar surface area (TPSA) is 58.2 Å². The van der Waals surface area contributed by atoms with Crippen LogP contribution in [-0.2, 0) is 10.1 Å². The van der Waals surface area contributed by atoms with Gasteiger partial charge in [0.15, 0.2) is 0 Å². The molecular weight excluding hydrogens is 308 g/mol. The third-order valence-electron chi connectivity index (χ3n) is 2.58. The van der Waals surface area contributed by atoms with Gasteiger partial charge in [0.1, 0.15) is 0 Å². The summed E-state index contributed by atoms with van der Waals surface area (Å²) in [5.41, 5.74) is 1.73. The Balaban J connectivity index is 2.32. The predicted molar refractivity (Wildman–Crippen MR) is 79.3 cm³/mol. The molecule has 104 valence electrons. The molecule has 1 aromatic carbocycles. The fourth-order valence-electron chi connectivity index (χ4n) is 1.49. The van der Waals surface area contributed by atoms with Crippen molar-refractivity contribution in [1.29, 1.82) is 0 Å². The normalized spacial score (nSPS) is 10.0. The minimum atomic E-state index is -0.149. The highest BCUT2D eigenvalue weighted by atomic mass is 79.9. The molecule has 0 saturated heterocycles. The molecule has 0 bridgehead atoms. The molecule has 0 saturated carbocycles. The molecule has 0 fully saturated rings. The number of halogens is 1. The summed E-state index contributed by atoms with van der Waals surface area (Å²) in [4.78, 5) is 23.1. The molecule has 0 heterocycles. The standard InChI is InChI=1S/C14H19BrN2O2/c1-2-8-16-13(18)7-9-17-14(19)12-5-3-11(10-15)4-6-12/h3-6H,2,7-10H2,1H3,(H,16,18)(H,17,19). The number of hydrogen-bond acceptors (Lipinski definition) is 2. The zero-order chi connectivity index (χ0) is 14.1. The van der Waals surface area contributed by atoms with Crippen molar-refractivity contribution in [1.82, 2.24) is 10.6 Å². The van der Waals surface area contributed by atoms with Crippen LogP contribution in [-0.4, -0.2) is 24.9 Å². The first-order valence-corrected chi connectivity index (χ1v) is 7.49. The first-order valence-electron chi connectivity index (χ1n) is 6.37. The molecule has 0 unspecified atom stereocenters. The van der Waals surface area contributed by atoms with E-state index in [9.17, 15) is 9.59 Å². The monoisotopic (exact) mass is 326 g/mol. The smallest absolute Gasteiger partial charge is 0.251 e. The summed E-state index contributed by atoms with van der Waals surface area (Å²) in [5.74, 6) is -0.179. The number of amides is 2. The highest BCUT2D eigenvalue weighted by molar-refractivity contribution is 9.08. The second kappa shape index (κ2) is 8.69. The Morgan fingerprint density at radius 1 is 1.11 bits per heavy atom. The minimum Gasteiger partial charge on any atom is -0.356 e. The molecule has 0 atom stereocenters. The summed E-state index contributed by atoms with van der Waals surface area (Å²) in [7, 11) is 0. The van der Waals surface area contributed by atoms with Crippen molar-refractivity contribution < 1.29 is 9.59 Å². The van der Waals surface area contributed by atoms with Crippen LogP contribution < -0.4 is 10.6 Å². The van der Waals surface area contributed by atoms with Gasteiger partial charge in [0.2, 0.25) is 5.91 Å². The Morgan fingerprint density at radius 3 is 2.37 bits per heavy atom. The molecule has 5 heteroatoms. The van der Waals surface area contributed by atoms with E-state index in [1.807, 2.05) is 19.1 Å². The van der Waals surface area contributed by atoms with E-state index < -0.39 is 0 Å². The number of nitrogens with one attached hydrogen (secondary N) is 2. The van der Waals surface area contributed by atoms with E-state index >= 15 is 0 Å². The van der Waals surface area contributed by atoms with Gasteiger partial charge in [-0.2, -0.15) is 0 Å². The van der Waals surface area contributed by atoms with E-state index in [2.05, 4.69) is 26.6 Å². The molecule has 1 aromatic rings. The van der Waals surface area contributed by atoms with Crippen LogP contribution in [0.3, 0.4) is 0 Å². The lowest BCUT2D eigenvalue weighted by Crippen LogP contribution is -2.31.